The number of hydrogen-bond donors (Lipinski definition) is 2. The van der Waals surface area contributed by atoms with E-state index in [-0.39, 0.29) is 30.6 Å². The van der Waals surface area contributed by atoms with E-state index in [2.05, 4.69) is 19.9 Å². The highest BCUT2D eigenvalue weighted by Gasteiger charge is 2.22. The number of nitrogens with zero attached hydrogens (tertiary/aromatic N) is 3. The molecule has 184 valence electrons. The summed E-state index contributed by atoms with van der Waals surface area (Å²) in [5.41, 5.74) is 1.80. The molecule has 0 saturated heterocycles. The summed E-state index contributed by atoms with van der Waals surface area (Å²) in [4.78, 5) is 16.2. The first kappa shape index (κ1) is 24.7. The summed E-state index contributed by atoms with van der Waals surface area (Å²) in [5.74, 6) is -0.00711. The van der Waals surface area contributed by atoms with Crippen molar-refractivity contribution in [2.24, 2.45) is 0 Å². The highest BCUT2D eigenvalue weighted by molar-refractivity contribution is 7.88. The number of aromatic nitrogens is 3. The van der Waals surface area contributed by atoms with Crippen LogP contribution in [0.25, 0.3) is 21.3 Å². The molecule has 0 aliphatic carbocycles. The molecular formula is C22H22FN5O5S2. The molecule has 0 spiro atoms. The van der Waals surface area contributed by atoms with Gasteiger partial charge >= 0.3 is 16.3 Å². The minimum Gasteiger partial charge on any atom is -0.443 e. The van der Waals surface area contributed by atoms with E-state index in [1.165, 1.54) is 23.5 Å². The fourth-order valence-electron chi connectivity index (χ4n) is 3.03. The van der Waals surface area contributed by atoms with Crippen LogP contribution in [0.15, 0.2) is 46.9 Å². The molecule has 0 atom stereocenters. The van der Waals surface area contributed by atoms with Gasteiger partial charge in [0.25, 0.3) is 0 Å². The van der Waals surface area contributed by atoms with Crippen LogP contribution in [-0.4, -0.2) is 35.3 Å². The Bertz CT molecular complexity index is 1460. The Morgan fingerprint density at radius 2 is 1.77 bits per heavy atom. The molecule has 0 aliphatic rings. The van der Waals surface area contributed by atoms with Crippen LogP contribution in [0, 0.1) is 5.82 Å². The molecule has 2 aromatic heterocycles. The molecular weight excluding hydrogens is 497 g/mol. The molecule has 35 heavy (non-hydrogen) atoms. The number of hydrogen-bond acceptors (Lipinski definition) is 9. The predicted octanol–water partition coefficient (Wildman–Crippen LogP) is 3.94. The lowest BCUT2D eigenvalue weighted by molar-refractivity contribution is 0.0569. The summed E-state index contributed by atoms with van der Waals surface area (Å²) in [6.07, 6.45) is -0.837. The normalized spacial score (nSPS) is 12.1. The van der Waals surface area contributed by atoms with Gasteiger partial charge < -0.3 is 9.15 Å². The zero-order valence-corrected chi connectivity index (χ0v) is 20.7. The van der Waals surface area contributed by atoms with Crippen LogP contribution in [0.5, 0.6) is 0 Å². The zero-order chi connectivity index (χ0) is 25.2. The summed E-state index contributed by atoms with van der Waals surface area (Å²) in [7, 11) is -4.18. The lowest BCUT2D eigenvalue weighted by Gasteiger charge is -2.19. The maximum absolute atomic E-state index is 13.2. The Hall–Kier alpha value is -3.42. The van der Waals surface area contributed by atoms with Crippen molar-refractivity contribution in [2.75, 3.05) is 0 Å². The third kappa shape index (κ3) is 6.81. The summed E-state index contributed by atoms with van der Waals surface area (Å²) in [5, 5.41) is 8.50. The van der Waals surface area contributed by atoms with E-state index < -0.39 is 21.9 Å². The number of fused-ring (bicyclic) bond motifs is 1. The van der Waals surface area contributed by atoms with Gasteiger partial charge in [0.1, 0.15) is 16.4 Å². The first-order valence-electron chi connectivity index (χ1n) is 10.4. The van der Waals surface area contributed by atoms with Crippen molar-refractivity contribution in [1.82, 2.24) is 24.6 Å². The topological polar surface area (TPSA) is 136 Å². The molecule has 2 heterocycles. The van der Waals surface area contributed by atoms with Crippen molar-refractivity contribution in [2.45, 2.75) is 39.3 Å². The van der Waals surface area contributed by atoms with E-state index in [9.17, 15) is 17.6 Å². The molecule has 4 aromatic rings. The second-order valence-corrected chi connectivity index (χ2v) is 11.1. The van der Waals surface area contributed by atoms with Gasteiger partial charge in [-0.05, 0) is 56.2 Å². The first-order chi connectivity index (χ1) is 16.5. The number of carbonyl (C=O) groups excluding carboxylic acids is 1. The Morgan fingerprint density at radius 1 is 1.09 bits per heavy atom. The molecule has 0 radical (unpaired) electrons. The van der Waals surface area contributed by atoms with E-state index in [4.69, 9.17) is 9.15 Å². The summed E-state index contributed by atoms with van der Waals surface area (Å²) < 4.78 is 52.5. The maximum atomic E-state index is 13.2. The number of thiazole rings is 1. The van der Waals surface area contributed by atoms with Crippen LogP contribution >= 0.6 is 11.3 Å². The first-order valence-corrected chi connectivity index (χ1v) is 12.7. The fraction of sp³-hybridized carbons (Fsp3) is 0.273. The summed E-state index contributed by atoms with van der Waals surface area (Å²) in [6, 6.07) is 12.1. The highest BCUT2D eigenvalue weighted by atomic mass is 32.2. The number of ether oxygens (including phenoxy) is 1. The Morgan fingerprint density at radius 3 is 2.49 bits per heavy atom. The molecule has 13 heteroatoms. The van der Waals surface area contributed by atoms with E-state index in [1.807, 2.05) is 18.2 Å². The third-order valence-electron chi connectivity index (χ3n) is 4.45. The van der Waals surface area contributed by atoms with Crippen molar-refractivity contribution >= 4 is 37.9 Å². The SMILES string of the molecule is CC(C)(C)OC(=O)NS(=O)(=O)NCc1nnc(Cc2nc3ccc(-c4ccc(F)cc4)cc3s2)o1. The Kier molecular flexibility index (Phi) is 6.83. The van der Waals surface area contributed by atoms with Crippen LogP contribution in [0.2, 0.25) is 0 Å². The maximum Gasteiger partial charge on any atom is 0.422 e. The van der Waals surface area contributed by atoms with Crippen molar-refractivity contribution in [1.29, 1.82) is 0 Å². The average molecular weight is 520 g/mol. The second kappa shape index (κ2) is 9.68. The molecule has 0 unspecified atom stereocenters. The third-order valence-corrected chi connectivity index (χ3v) is 6.43. The second-order valence-electron chi connectivity index (χ2n) is 8.49. The zero-order valence-electron chi connectivity index (χ0n) is 19.0. The number of benzene rings is 2. The van der Waals surface area contributed by atoms with Crippen LogP contribution in [0.3, 0.4) is 0 Å². The van der Waals surface area contributed by atoms with E-state index in [0.717, 1.165) is 26.4 Å². The van der Waals surface area contributed by atoms with Gasteiger partial charge in [0, 0.05) is 0 Å². The van der Waals surface area contributed by atoms with Gasteiger partial charge in [0.15, 0.2) is 0 Å². The lowest BCUT2D eigenvalue weighted by Crippen LogP contribution is -2.42. The number of rotatable bonds is 7. The molecule has 10 nitrogen and oxygen atoms in total. The number of carbonyl (C=O) groups is 1. The molecule has 0 saturated carbocycles. The smallest absolute Gasteiger partial charge is 0.422 e. The molecule has 0 bridgehead atoms. The van der Waals surface area contributed by atoms with Gasteiger partial charge in [-0.3, -0.25) is 0 Å². The Balaban J connectivity index is 1.38. The fourth-order valence-corrected chi connectivity index (χ4v) is 4.68. The highest BCUT2D eigenvalue weighted by Crippen LogP contribution is 2.29. The number of halogens is 1. The van der Waals surface area contributed by atoms with Crippen LogP contribution in [0.4, 0.5) is 9.18 Å². The lowest BCUT2D eigenvalue weighted by atomic mass is 10.1. The monoisotopic (exact) mass is 519 g/mol. The van der Waals surface area contributed by atoms with Crippen LogP contribution in [-0.2, 0) is 27.9 Å². The Labute approximate surface area is 204 Å². The van der Waals surface area contributed by atoms with E-state index >= 15 is 0 Å². The van der Waals surface area contributed by atoms with Gasteiger partial charge in [-0.15, -0.1) is 21.5 Å². The average Bonchev–Trinajstić information content (AvgIpc) is 3.37. The van der Waals surface area contributed by atoms with Crippen LogP contribution < -0.4 is 9.44 Å². The number of amides is 1. The van der Waals surface area contributed by atoms with Gasteiger partial charge in [0.2, 0.25) is 11.8 Å². The van der Waals surface area contributed by atoms with E-state index in [0.29, 0.717) is 0 Å². The summed E-state index contributed by atoms with van der Waals surface area (Å²) >= 11 is 1.46. The number of nitrogens with one attached hydrogen (secondary N) is 2. The van der Waals surface area contributed by atoms with Crippen molar-refractivity contribution < 1.29 is 26.8 Å². The van der Waals surface area contributed by atoms with Gasteiger partial charge in [-0.25, -0.2) is 18.9 Å². The molecule has 0 fully saturated rings. The molecule has 1 amide bonds. The van der Waals surface area contributed by atoms with Crippen molar-refractivity contribution in [3.8, 4) is 11.1 Å². The molecule has 2 aromatic carbocycles. The van der Waals surface area contributed by atoms with Gasteiger partial charge in [0.05, 0.1) is 23.2 Å². The molecule has 4 rings (SSSR count). The minimum absolute atomic E-state index is 0.0225. The van der Waals surface area contributed by atoms with E-state index in [1.54, 1.807) is 37.6 Å². The van der Waals surface area contributed by atoms with Crippen molar-refractivity contribution in [3.05, 3.63) is 65.1 Å². The predicted molar refractivity (Wildman–Crippen MR) is 127 cm³/mol. The standard InChI is InChI=1S/C22H22FN5O5S2/c1-22(2,3)33-21(29)28-35(30,31)24-12-19-27-26-18(32-19)11-20-25-16-9-6-14(10-17(16)34-20)13-4-7-15(23)8-5-13/h4-10,24H,11-12H2,1-3H3,(H,28,29). The summed E-state index contributed by atoms with van der Waals surface area (Å²) in [6.45, 7) is 4.53. The largest absolute Gasteiger partial charge is 0.443 e. The molecule has 2 N–H and O–H groups in total. The quantitative estimate of drug-likeness (QED) is 0.375. The van der Waals surface area contributed by atoms with Gasteiger partial charge in [-0.2, -0.15) is 13.1 Å². The minimum atomic E-state index is -4.18. The van der Waals surface area contributed by atoms with Gasteiger partial charge in [-0.1, -0.05) is 18.2 Å². The van der Waals surface area contributed by atoms with Crippen molar-refractivity contribution in [3.63, 3.8) is 0 Å². The molecule has 0 aliphatic heterocycles. The van der Waals surface area contributed by atoms with Crippen LogP contribution in [0.1, 0.15) is 37.6 Å².